The number of carbonyl (C=O) groups excluding carboxylic acids is 1. The number of benzene rings is 2. The lowest BCUT2D eigenvalue weighted by Crippen LogP contribution is -2.27. The summed E-state index contributed by atoms with van der Waals surface area (Å²) in [4.78, 5) is 12.1. The van der Waals surface area contributed by atoms with Gasteiger partial charge in [-0.05, 0) is 17.7 Å². The quantitative estimate of drug-likeness (QED) is 0.879. The SMILES string of the molecule is N#CCOc1cccc(NC(=O)[C@H](N)c2ccccc2)c1. The molecule has 2 aromatic rings. The third-order valence-electron chi connectivity index (χ3n) is 2.85. The van der Waals surface area contributed by atoms with Gasteiger partial charge in [0.1, 0.15) is 17.9 Å². The van der Waals surface area contributed by atoms with Crippen molar-refractivity contribution in [3.63, 3.8) is 0 Å². The minimum Gasteiger partial charge on any atom is -0.479 e. The van der Waals surface area contributed by atoms with Gasteiger partial charge in [-0.1, -0.05) is 36.4 Å². The van der Waals surface area contributed by atoms with E-state index in [0.717, 1.165) is 5.56 Å². The smallest absolute Gasteiger partial charge is 0.245 e. The second-order valence-corrected chi connectivity index (χ2v) is 4.35. The molecule has 0 spiro atoms. The maximum Gasteiger partial charge on any atom is 0.245 e. The molecule has 0 aromatic heterocycles. The fourth-order valence-electron chi connectivity index (χ4n) is 1.81. The molecule has 0 unspecified atom stereocenters. The number of nitrogens with one attached hydrogen (secondary N) is 1. The van der Waals surface area contributed by atoms with E-state index in [0.29, 0.717) is 11.4 Å². The monoisotopic (exact) mass is 281 g/mol. The molecule has 0 aliphatic carbocycles. The van der Waals surface area contributed by atoms with Gasteiger partial charge in [0, 0.05) is 11.8 Å². The van der Waals surface area contributed by atoms with Crippen molar-refractivity contribution in [3.05, 3.63) is 60.2 Å². The molecule has 0 saturated heterocycles. The first-order chi connectivity index (χ1) is 10.2. The van der Waals surface area contributed by atoms with E-state index >= 15 is 0 Å². The van der Waals surface area contributed by atoms with Crippen molar-refractivity contribution >= 4 is 11.6 Å². The van der Waals surface area contributed by atoms with Crippen molar-refractivity contribution in [1.82, 2.24) is 0 Å². The highest BCUT2D eigenvalue weighted by Crippen LogP contribution is 2.19. The molecule has 5 nitrogen and oxygen atoms in total. The Morgan fingerprint density at radius 2 is 2.00 bits per heavy atom. The summed E-state index contributed by atoms with van der Waals surface area (Å²) in [6, 6.07) is 17.1. The number of hydrogen-bond acceptors (Lipinski definition) is 4. The van der Waals surface area contributed by atoms with Crippen molar-refractivity contribution in [3.8, 4) is 11.8 Å². The molecule has 106 valence electrons. The van der Waals surface area contributed by atoms with Crippen molar-refractivity contribution in [2.24, 2.45) is 5.73 Å². The number of anilines is 1. The number of rotatable bonds is 5. The van der Waals surface area contributed by atoms with E-state index in [1.165, 1.54) is 0 Å². The van der Waals surface area contributed by atoms with Crippen LogP contribution in [0.5, 0.6) is 5.75 Å². The molecule has 0 aliphatic heterocycles. The average molecular weight is 281 g/mol. The van der Waals surface area contributed by atoms with E-state index in [9.17, 15) is 4.79 Å². The van der Waals surface area contributed by atoms with Crippen LogP contribution in [0.4, 0.5) is 5.69 Å². The van der Waals surface area contributed by atoms with E-state index in [2.05, 4.69) is 5.32 Å². The third-order valence-corrected chi connectivity index (χ3v) is 2.85. The Hall–Kier alpha value is -2.84. The van der Waals surface area contributed by atoms with E-state index in [-0.39, 0.29) is 12.5 Å². The second-order valence-electron chi connectivity index (χ2n) is 4.35. The molecular weight excluding hydrogens is 266 g/mol. The van der Waals surface area contributed by atoms with E-state index in [1.807, 2.05) is 24.3 Å². The molecule has 0 bridgehead atoms. The first-order valence-corrected chi connectivity index (χ1v) is 6.42. The van der Waals surface area contributed by atoms with Crippen LogP contribution in [0, 0.1) is 11.3 Å². The van der Waals surface area contributed by atoms with Crippen LogP contribution in [0.1, 0.15) is 11.6 Å². The van der Waals surface area contributed by atoms with Crippen LogP contribution in [0.25, 0.3) is 0 Å². The summed E-state index contributed by atoms with van der Waals surface area (Å²) in [6.45, 7) is -0.0407. The number of ether oxygens (including phenoxy) is 1. The normalized spacial score (nSPS) is 11.2. The summed E-state index contributed by atoms with van der Waals surface area (Å²) in [5, 5.41) is 11.2. The Labute approximate surface area is 123 Å². The van der Waals surface area contributed by atoms with Crippen molar-refractivity contribution in [2.45, 2.75) is 6.04 Å². The Morgan fingerprint density at radius 1 is 1.24 bits per heavy atom. The zero-order valence-electron chi connectivity index (χ0n) is 11.3. The zero-order valence-corrected chi connectivity index (χ0v) is 11.3. The summed E-state index contributed by atoms with van der Waals surface area (Å²) in [6.07, 6.45) is 0. The van der Waals surface area contributed by atoms with E-state index in [1.54, 1.807) is 36.4 Å². The van der Waals surface area contributed by atoms with Crippen LogP contribution in [-0.4, -0.2) is 12.5 Å². The molecule has 3 N–H and O–H groups in total. The summed E-state index contributed by atoms with van der Waals surface area (Å²) in [5.74, 6) is 0.210. The van der Waals surface area contributed by atoms with E-state index < -0.39 is 6.04 Å². The molecule has 0 heterocycles. The van der Waals surface area contributed by atoms with Gasteiger partial charge in [0.05, 0.1) is 0 Å². The predicted molar refractivity (Wildman–Crippen MR) is 79.6 cm³/mol. The van der Waals surface area contributed by atoms with Crippen LogP contribution >= 0.6 is 0 Å². The third kappa shape index (κ3) is 4.06. The molecule has 0 fully saturated rings. The number of nitriles is 1. The Balaban J connectivity index is 2.04. The lowest BCUT2D eigenvalue weighted by atomic mass is 10.1. The Bertz CT molecular complexity index is 650. The van der Waals surface area contributed by atoms with Crippen molar-refractivity contribution < 1.29 is 9.53 Å². The van der Waals surface area contributed by atoms with Crippen molar-refractivity contribution in [2.75, 3.05) is 11.9 Å². The molecule has 21 heavy (non-hydrogen) atoms. The Morgan fingerprint density at radius 3 is 2.71 bits per heavy atom. The molecule has 2 aromatic carbocycles. The first kappa shape index (κ1) is 14.6. The van der Waals surface area contributed by atoms with Crippen LogP contribution in [-0.2, 0) is 4.79 Å². The van der Waals surface area contributed by atoms with Gasteiger partial charge in [0.2, 0.25) is 5.91 Å². The number of carbonyl (C=O) groups is 1. The minimum absolute atomic E-state index is 0.0407. The van der Waals surface area contributed by atoms with Gasteiger partial charge in [-0.25, -0.2) is 0 Å². The van der Waals surface area contributed by atoms with Crippen LogP contribution in [0.15, 0.2) is 54.6 Å². The van der Waals surface area contributed by atoms with Gasteiger partial charge in [0.25, 0.3) is 0 Å². The highest BCUT2D eigenvalue weighted by atomic mass is 16.5. The summed E-state index contributed by atoms with van der Waals surface area (Å²) in [7, 11) is 0. The summed E-state index contributed by atoms with van der Waals surface area (Å²) < 4.78 is 5.18. The number of hydrogen-bond donors (Lipinski definition) is 2. The van der Waals surface area contributed by atoms with E-state index in [4.69, 9.17) is 15.7 Å². The van der Waals surface area contributed by atoms with Gasteiger partial charge in [0.15, 0.2) is 6.61 Å². The maximum absolute atomic E-state index is 12.1. The largest absolute Gasteiger partial charge is 0.479 e. The molecule has 0 radical (unpaired) electrons. The predicted octanol–water partition coefficient (Wildman–Crippen LogP) is 2.23. The minimum atomic E-state index is -0.741. The van der Waals surface area contributed by atoms with Crippen LogP contribution in [0.2, 0.25) is 0 Å². The maximum atomic E-state index is 12.1. The topological polar surface area (TPSA) is 88.1 Å². The molecular formula is C16H15N3O2. The second kappa shape index (κ2) is 7.08. The highest BCUT2D eigenvalue weighted by Gasteiger charge is 2.15. The fourth-order valence-corrected chi connectivity index (χ4v) is 1.81. The van der Waals surface area contributed by atoms with Gasteiger partial charge in [-0.2, -0.15) is 5.26 Å². The van der Waals surface area contributed by atoms with Gasteiger partial charge in [-0.3, -0.25) is 4.79 Å². The van der Waals surface area contributed by atoms with Crippen molar-refractivity contribution in [1.29, 1.82) is 5.26 Å². The highest BCUT2D eigenvalue weighted by molar-refractivity contribution is 5.95. The molecule has 2 rings (SSSR count). The van der Waals surface area contributed by atoms with Gasteiger partial charge < -0.3 is 15.8 Å². The van der Waals surface area contributed by atoms with Crippen LogP contribution < -0.4 is 15.8 Å². The van der Waals surface area contributed by atoms with Crippen LogP contribution in [0.3, 0.4) is 0 Å². The van der Waals surface area contributed by atoms with Gasteiger partial charge >= 0.3 is 0 Å². The lowest BCUT2D eigenvalue weighted by Gasteiger charge is -2.13. The Kier molecular flexibility index (Phi) is 4.91. The molecule has 1 amide bonds. The number of amides is 1. The summed E-state index contributed by atoms with van der Waals surface area (Å²) >= 11 is 0. The summed E-state index contributed by atoms with van der Waals surface area (Å²) in [5.41, 5.74) is 7.23. The molecule has 0 saturated carbocycles. The zero-order chi connectivity index (χ0) is 15.1. The van der Waals surface area contributed by atoms with Gasteiger partial charge in [-0.15, -0.1) is 0 Å². The molecule has 0 aliphatic rings. The first-order valence-electron chi connectivity index (χ1n) is 6.42. The average Bonchev–Trinajstić information content (AvgIpc) is 2.53. The molecule has 1 atom stereocenters. The fraction of sp³-hybridized carbons (Fsp3) is 0.125. The lowest BCUT2D eigenvalue weighted by molar-refractivity contribution is -0.117. The number of nitrogens with two attached hydrogens (primary N) is 1. The molecule has 5 heteroatoms. The standard InChI is InChI=1S/C16H15N3O2/c17-9-10-21-14-8-4-7-13(11-14)19-16(20)15(18)12-5-2-1-3-6-12/h1-8,11,15H,10,18H2,(H,19,20)/t15-/m1/s1. The number of nitrogens with zero attached hydrogens (tertiary/aromatic N) is 1.